The van der Waals surface area contributed by atoms with Gasteiger partial charge in [0, 0.05) is 5.02 Å². The van der Waals surface area contributed by atoms with Gasteiger partial charge in [-0.15, -0.1) is 11.3 Å². The molecular formula is C11H7BrClN3S. The van der Waals surface area contributed by atoms with E-state index >= 15 is 0 Å². The minimum absolute atomic E-state index is 0.589. The van der Waals surface area contributed by atoms with Crippen LogP contribution in [0.15, 0.2) is 28.1 Å². The number of nitrogens with zero attached hydrogens (tertiary/aromatic N) is 1. The summed E-state index contributed by atoms with van der Waals surface area (Å²) in [5, 5.41) is 0.609. The summed E-state index contributed by atoms with van der Waals surface area (Å²) in [7, 11) is 0. The lowest BCUT2D eigenvalue weighted by atomic mass is 10.3. The second-order valence-electron chi connectivity index (χ2n) is 3.58. The number of aromatic amines is 1. The number of hydrogen-bond donors (Lipinski definition) is 2. The maximum Gasteiger partial charge on any atom is 0.148 e. The van der Waals surface area contributed by atoms with E-state index in [1.54, 1.807) is 17.4 Å². The Hall–Kier alpha value is -1.04. The minimum atomic E-state index is 0.589. The number of nitrogens with one attached hydrogen (secondary N) is 1. The highest BCUT2D eigenvalue weighted by molar-refractivity contribution is 9.11. The van der Waals surface area contributed by atoms with E-state index in [-0.39, 0.29) is 0 Å². The molecule has 0 bridgehead atoms. The standard InChI is InChI=1S/C11H7BrClN3S/c12-9-2-1-8(17-9)11-15-7-4-5(13)3-6(14)10(7)16-11/h1-4H,14H2,(H,15,16). The molecule has 3 N–H and O–H groups in total. The molecule has 1 aromatic carbocycles. The number of hydrogen-bond acceptors (Lipinski definition) is 3. The number of nitrogen functional groups attached to an aromatic ring is 1. The number of H-pyrrole nitrogens is 1. The summed E-state index contributed by atoms with van der Waals surface area (Å²) in [6.07, 6.45) is 0. The van der Waals surface area contributed by atoms with Crippen molar-refractivity contribution in [3.05, 3.63) is 33.1 Å². The van der Waals surface area contributed by atoms with Crippen molar-refractivity contribution in [3.8, 4) is 10.7 Å². The highest BCUT2D eigenvalue weighted by Gasteiger charge is 2.10. The molecule has 0 unspecified atom stereocenters. The molecule has 0 saturated carbocycles. The Morgan fingerprint density at radius 2 is 2.18 bits per heavy atom. The predicted molar refractivity (Wildman–Crippen MR) is 76.5 cm³/mol. The fourth-order valence-electron chi connectivity index (χ4n) is 1.67. The molecule has 0 radical (unpaired) electrons. The second-order valence-corrected chi connectivity index (χ2v) is 6.48. The van der Waals surface area contributed by atoms with Crippen molar-refractivity contribution in [1.29, 1.82) is 0 Å². The van der Waals surface area contributed by atoms with Crippen molar-refractivity contribution < 1.29 is 0 Å². The van der Waals surface area contributed by atoms with Gasteiger partial charge in [-0.25, -0.2) is 4.98 Å². The van der Waals surface area contributed by atoms with Crippen LogP contribution in [-0.4, -0.2) is 9.97 Å². The monoisotopic (exact) mass is 327 g/mol. The summed E-state index contributed by atoms with van der Waals surface area (Å²) < 4.78 is 1.07. The predicted octanol–water partition coefficient (Wildman–Crippen LogP) is 4.29. The lowest BCUT2D eigenvalue weighted by Crippen LogP contribution is -1.86. The fourth-order valence-corrected chi connectivity index (χ4v) is 3.22. The highest BCUT2D eigenvalue weighted by atomic mass is 79.9. The van der Waals surface area contributed by atoms with E-state index in [2.05, 4.69) is 25.9 Å². The van der Waals surface area contributed by atoms with Crippen LogP contribution in [-0.2, 0) is 0 Å². The van der Waals surface area contributed by atoms with Gasteiger partial charge in [0.25, 0.3) is 0 Å². The summed E-state index contributed by atoms with van der Waals surface area (Å²) >= 11 is 11.0. The van der Waals surface area contributed by atoms with Gasteiger partial charge in [0.15, 0.2) is 0 Å². The highest BCUT2D eigenvalue weighted by Crippen LogP contribution is 2.32. The van der Waals surface area contributed by atoms with E-state index in [0.717, 1.165) is 25.5 Å². The first-order valence-electron chi connectivity index (χ1n) is 4.84. The molecule has 0 saturated heterocycles. The average Bonchev–Trinajstić information content (AvgIpc) is 2.83. The van der Waals surface area contributed by atoms with Crippen molar-refractivity contribution in [3.63, 3.8) is 0 Å². The first kappa shape index (κ1) is 11.1. The van der Waals surface area contributed by atoms with Gasteiger partial charge in [-0.2, -0.15) is 0 Å². The van der Waals surface area contributed by atoms with E-state index in [0.29, 0.717) is 10.7 Å². The molecule has 0 amide bonds. The topological polar surface area (TPSA) is 54.7 Å². The van der Waals surface area contributed by atoms with Crippen molar-refractivity contribution in [1.82, 2.24) is 9.97 Å². The minimum Gasteiger partial charge on any atom is -0.397 e. The SMILES string of the molecule is Nc1cc(Cl)cc2[nH]c(-c3ccc(Br)s3)nc12. The number of benzene rings is 1. The van der Waals surface area contributed by atoms with Crippen molar-refractivity contribution >= 4 is 55.6 Å². The zero-order valence-electron chi connectivity index (χ0n) is 8.50. The van der Waals surface area contributed by atoms with Crippen LogP contribution in [0.4, 0.5) is 5.69 Å². The van der Waals surface area contributed by atoms with E-state index in [9.17, 15) is 0 Å². The van der Waals surface area contributed by atoms with Crippen LogP contribution >= 0.6 is 38.9 Å². The van der Waals surface area contributed by atoms with Gasteiger partial charge < -0.3 is 10.7 Å². The largest absolute Gasteiger partial charge is 0.397 e. The normalized spacial score (nSPS) is 11.2. The summed E-state index contributed by atoms with van der Waals surface area (Å²) in [5.41, 5.74) is 8.08. The molecule has 86 valence electrons. The van der Waals surface area contributed by atoms with Crippen LogP contribution in [0, 0.1) is 0 Å². The van der Waals surface area contributed by atoms with E-state index in [1.165, 1.54) is 0 Å². The smallest absolute Gasteiger partial charge is 0.148 e. The molecule has 0 atom stereocenters. The Labute approximate surface area is 115 Å². The summed E-state index contributed by atoms with van der Waals surface area (Å²) in [6, 6.07) is 7.53. The molecule has 0 aliphatic rings. The van der Waals surface area contributed by atoms with Crippen LogP contribution in [0.25, 0.3) is 21.7 Å². The molecule has 2 heterocycles. The third-order valence-electron chi connectivity index (χ3n) is 2.39. The number of rotatable bonds is 1. The van der Waals surface area contributed by atoms with Gasteiger partial charge >= 0.3 is 0 Å². The quantitative estimate of drug-likeness (QED) is 0.655. The van der Waals surface area contributed by atoms with Crippen LogP contribution in [0.2, 0.25) is 5.02 Å². The molecule has 0 fully saturated rings. The number of fused-ring (bicyclic) bond motifs is 1. The maximum absolute atomic E-state index is 5.95. The first-order chi connectivity index (χ1) is 8.13. The third-order valence-corrected chi connectivity index (χ3v) is 4.24. The fraction of sp³-hybridized carbons (Fsp3) is 0. The van der Waals surface area contributed by atoms with E-state index < -0.39 is 0 Å². The number of imidazole rings is 1. The lowest BCUT2D eigenvalue weighted by Gasteiger charge is -1.94. The first-order valence-corrected chi connectivity index (χ1v) is 6.82. The van der Waals surface area contributed by atoms with Crippen molar-refractivity contribution in [2.75, 3.05) is 5.73 Å². The Morgan fingerprint density at radius 1 is 1.35 bits per heavy atom. The Bertz CT molecular complexity index is 704. The van der Waals surface area contributed by atoms with Gasteiger partial charge in [0.2, 0.25) is 0 Å². The van der Waals surface area contributed by atoms with Gasteiger partial charge in [-0.05, 0) is 40.2 Å². The average molecular weight is 329 g/mol. The number of halogens is 2. The molecular weight excluding hydrogens is 322 g/mol. The molecule has 17 heavy (non-hydrogen) atoms. The van der Waals surface area contributed by atoms with Gasteiger partial charge in [0.05, 0.1) is 19.9 Å². The zero-order valence-corrected chi connectivity index (χ0v) is 11.7. The van der Waals surface area contributed by atoms with Crippen LogP contribution in [0.5, 0.6) is 0 Å². The van der Waals surface area contributed by atoms with Crippen LogP contribution in [0.1, 0.15) is 0 Å². The third kappa shape index (κ3) is 1.94. The summed E-state index contributed by atoms with van der Waals surface area (Å²) in [6.45, 7) is 0. The number of nitrogens with two attached hydrogens (primary N) is 1. The lowest BCUT2D eigenvalue weighted by molar-refractivity contribution is 1.36. The van der Waals surface area contributed by atoms with Gasteiger partial charge in [-0.1, -0.05) is 11.6 Å². The molecule has 6 heteroatoms. The Morgan fingerprint density at radius 3 is 2.88 bits per heavy atom. The van der Waals surface area contributed by atoms with E-state index in [4.69, 9.17) is 17.3 Å². The summed E-state index contributed by atoms with van der Waals surface area (Å²) in [4.78, 5) is 8.77. The second kappa shape index (κ2) is 4.01. The van der Waals surface area contributed by atoms with Crippen molar-refractivity contribution in [2.45, 2.75) is 0 Å². The zero-order chi connectivity index (χ0) is 12.0. The molecule has 3 nitrogen and oxygen atoms in total. The van der Waals surface area contributed by atoms with Crippen molar-refractivity contribution in [2.24, 2.45) is 0 Å². The van der Waals surface area contributed by atoms with Gasteiger partial charge in [0.1, 0.15) is 11.3 Å². The Kier molecular flexibility index (Phi) is 2.61. The number of aromatic nitrogens is 2. The summed E-state index contributed by atoms with van der Waals surface area (Å²) in [5.74, 6) is 0.810. The van der Waals surface area contributed by atoms with Crippen LogP contribution < -0.4 is 5.73 Å². The molecule has 0 aliphatic heterocycles. The molecule has 3 rings (SSSR count). The molecule has 3 aromatic rings. The molecule has 0 aliphatic carbocycles. The van der Waals surface area contributed by atoms with E-state index in [1.807, 2.05) is 18.2 Å². The van der Waals surface area contributed by atoms with Gasteiger partial charge in [-0.3, -0.25) is 0 Å². The molecule has 0 spiro atoms. The van der Waals surface area contributed by atoms with Crippen LogP contribution in [0.3, 0.4) is 0 Å². The maximum atomic E-state index is 5.95. The number of anilines is 1. The molecule has 2 aromatic heterocycles. The number of thiophene rings is 1. The Balaban J connectivity index is 2.23.